The van der Waals surface area contributed by atoms with Crippen molar-refractivity contribution >= 4 is 40.0 Å². The summed E-state index contributed by atoms with van der Waals surface area (Å²) in [7, 11) is 0. The first-order valence-corrected chi connectivity index (χ1v) is 8.46. The minimum atomic E-state index is -0.396. The number of nitrogens with one attached hydrogen (secondary N) is 1. The Bertz CT molecular complexity index is 1080. The van der Waals surface area contributed by atoms with E-state index in [1.54, 1.807) is 18.5 Å². The molecule has 0 aliphatic carbocycles. The molecule has 0 saturated carbocycles. The molecule has 2 heterocycles. The van der Waals surface area contributed by atoms with Gasteiger partial charge in [-0.3, -0.25) is 9.20 Å². The summed E-state index contributed by atoms with van der Waals surface area (Å²) in [6.07, 6.45) is 1.62. The van der Waals surface area contributed by atoms with Crippen molar-refractivity contribution in [2.45, 2.75) is 5.03 Å². The molecule has 0 aliphatic heterocycles. The van der Waals surface area contributed by atoms with Crippen LogP contribution in [0.2, 0.25) is 0 Å². The second-order valence-corrected chi connectivity index (χ2v) is 6.24. The van der Waals surface area contributed by atoms with Crippen molar-refractivity contribution in [3.63, 3.8) is 0 Å². The van der Waals surface area contributed by atoms with E-state index in [-0.39, 0.29) is 11.7 Å². The summed E-state index contributed by atoms with van der Waals surface area (Å²) in [6.45, 7) is 0. The number of anilines is 1. The van der Waals surface area contributed by atoms with Gasteiger partial charge in [0.1, 0.15) is 17.2 Å². The van der Waals surface area contributed by atoms with Gasteiger partial charge in [-0.25, -0.2) is 9.37 Å². The van der Waals surface area contributed by atoms with E-state index in [0.29, 0.717) is 16.4 Å². The number of thioether (sulfide) groups is 1. The lowest BCUT2D eigenvalue weighted by molar-refractivity contribution is -0.113. The summed E-state index contributed by atoms with van der Waals surface area (Å²) >= 11 is 1.26. The Labute approximate surface area is 146 Å². The van der Waals surface area contributed by atoms with Crippen molar-refractivity contribution in [2.75, 3.05) is 11.1 Å². The fraction of sp³-hybridized carbons (Fsp3) is 0.0588. The van der Waals surface area contributed by atoms with Crippen LogP contribution in [-0.4, -0.2) is 31.2 Å². The molecule has 4 rings (SSSR count). The summed E-state index contributed by atoms with van der Waals surface area (Å²) in [5.41, 5.74) is 2.71. The van der Waals surface area contributed by atoms with Crippen LogP contribution in [0.15, 0.2) is 59.9 Å². The summed E-state index contributed by atoms with van der Waals surface area (Å²) in [4.78, 5) is 16.7. The third kappa shape index (κ3) is 3.16. The number of aromatic nitrogens is 4. The minimum Gasteiger partial charge on any atom is -0.325 e. The van der Waals surface area contributed by atoms with Crippen LogP contribution in [0.5, 0.6) is 0 Å². The van der Waals surface area contributed by atoms with Gasteiger partial charge in [-0.2, -0.15) is 0 Å². The molecule has 2 aromatic carbocycles. The number of carbonyl (C=O) groups is 1. The molecule has 2 aromatic heterocycles. The van der Waals surface area contributed by atoms with E-state index in [9.17, 15) is 9.18 Å². The number of hydrogen-bond acceptors (Lipinski definition) is 5. The Morgan fingerprint density at radius 1 is 1.20 bits per heavy atom. The third-order valence-corrected chi connectivity index (χ3v) is 4.50. The highest BCUT2D eigenvalue weighted by molar-refractivity contribution is 8.00. The smallest absolute Gasteiger partial charge is 0.234 e. The van der Waals surface area contributed by atoms with Crippen molar-refractivity contribution in [1.29, 1.82) is 0 Å². The minimum absolute atomic E-state index is 0.129. The highest BCUT2D eigenvalue weighted by atomic mass is 32.2. The lowest BCUT2D eigenvalue weighted by Crippen LogP contribution is -2.14. The molecule has 124 valence electrons. The number of para-hydroxylation sites is 2. The zero-order valence-corrected chi connectivity index (χ0v) is 13.7. The molecule has 8 heteroatoms. The van der Waals surface area contributed by atoms with E-state index < -0.39 is 5.82 Å². The van der Waals surface area contributed by atoms with Crippen molar-refractivity contribution in [3.05, 3.63) is 60.7 Å². The largest absolute Gasteiger partial charge is 0.325 e. The molecule has 6 nitrogen and oxygen atoms in total. The topological polar surface area (TPSA) is 72.2 Å². The lowest BCUT2D eigenvalue weighted by Gasteiger charge is -2.07. The Morgan fingerprint density at radius 3 is 2.96 bits per heavy atom. The summed E-state index contributed by atoms with van der Waals surface area (Å²) in [5, 5.41) is 11.3. The molecular formula is C17H12FN5OS. The molecule has 0 radical (unpaired) electrons. The van der Waals surface area contributed by atoms with Gasteiger partial charge in [-0.05, 0) is 30.3 Å². The molecule has 0 saturated heterocycles. The Balaban J connectivity index is 1.56. The van der Waals surface area contributed by atoms with E-state index in [4.69, 9.17) is 0 Å². The second-order valence-electron chi connectivity index (χ2n) is 5.28. The van der Waals surface area contributed by atoms with Gasteiger partial charge in [0, 0.05) is 5.69 Å². The predicted molar refractivity (Wildman–Crippen MR) is 94.0 cm³/mol. The number of nitrogens with zero attached hydrogens (tertiary/aromatic N) is 4. The lowest BCUT2D eigenvalue weighted by atomic mass is 10.3. The quantitative estimate of drug-likeness (QED) is 0.571. The van der Waals surface area contributed by atoms with E-state index in [1.165, 1.54) is 23.9 Å². The Kier molecular flexibility index (Phi) is 4.02. The maximum Gasteiger partial charge on any atom is 0.234 e. The van der Waals surface area contributed by atoms with Crippen molar-refractivity contribution < 1.29 is 9.18 Å². The van der Waals surface area contributed by atoms with E-state index >= 15 is 0 Å². The fourth-order valence-corrected chi connectivity index (χ4v) is 3.24. The molecule has 4 aromatic rings. The average molecular weight is 353 g/mol. The molecule has 0 aliphatic rings. The number of halogens is 1. The van der Waals surface area contributed by atoms with E-state index in [2.05, 4.69) is 20.5 Å². The number of hydrogen-bond donors (Lipinski definition) is 1. The number of amides is 1. The molecule has 0 atom stereocenters. The number of fused-ring (bicyclic) bond motifs is 3. The van der Waals surface area contributed by atoms with Gasteiger partial charge >= 0.3 is 0 Å². The van der Waals surface area contributed by atoms with Crippen LogP contribution in [0.1, 0.15) is 0 Å². The molecule has 0 spiro atoms. The molecule has 1 N–H and O–H groups in total. The van der Waals surface area contributed by atoms with Gasteiger partial charge in [0.05, 0.1) is 16.8 Å². The maximum atomic E-state index is 13.2. The van der Waals surface area contributed by atoms with E-state index in [1.807, 2.05) is 28.7 Å². The highest BCUT2D eigenvalue weighted by Crippen LogP contribution is 2.24. The van der Waals surface area contributed by atoms with Gasteiger partial charge in [0.25, 0.3) is 0 Å². The first-order chi connectivity index (χ1) is 12.2. The van der Waals surface area contributed by atoms with Crippen molar-refractivity contribution in [2.24, 2.45) is 0 Å². The van der Waals surface area contributed by atoms with Gasteiger partial charge in [-0.1, -0.05) is 30.0 Å². The van der Waals surface area contributed by atoms with Crippen molar-refractivity contribution in [3.8, 4) is 0 Å². The van der Waals surface area contributed by atoms with Gasteiger partial charge in [0.2, 0.25) is 5.91 Å². The number of benzene rings is 2. The van der Waals surface area contributed by atoms with Gasteiger partial charge in [-0.15, -0.1) is 10.2 Å². The predicted octanol–water partition coefficient (Wildman–Crippen LogP) is 3.15. The SMILES string of the molecule is O=C(CSc1nc2ccccc2n2cnnc12)Nc1cccc(F)c1. The van der Waals surface area contributed by atoms with Crippen LogP contribution in [0, 0.1) is 5.82 Å². The molecule has 0 bridgehead atoms. The molecule has 0 unspecified atom stereocenters. The maximum absolute atomic E-state index is 13.2. The summed E-state index contributed by atoms with van der Waals surface area (Å²) < 4.78 is 15.0. The van der Waals surface area contributed by atoms with Crippen LogP contribution in [0.4, 0.5) is 10.1 Å². The zero-order chi connectivity index (χ0) is 17.2. The first-order valence-electron chi connectivity index (χ1n) is 7.47. The molecule has 0 fully saturated rings. The Morgan fingerprint density at radius 2 is 2.08 bits per heavy atom. The fourth-order valence-electron chi connectivity index (χ4n) is 2.47. The number of rotatable bonds is 4. The first kappa shape index (κ1) is 15.5. The monoisotopic (exact) mass is 353 g/mol. The normalized spacial score (nSPS) is 11.1. The van der Waals surface area contributed by atoms with E-state index in [0.717, 1.165) is 11.0 Å². The summed E-state index contributed by atoms with van der Waals surface area (Å²) in [6, 6.07) is 13.4. The average Bonchev–Trinajstić information content (AvgIpc) is 3.10. The molecule has 25 heavy (non-hydrogen) atoms. The van der Waals surface area contributed by atoms with Crippen LogP contribution >= 0.6 is 11.8 Å². The number of carbonyl (C=O) groups excluding carboxylic acids is 1. The standard InChI is InChI=1S/C17H12FN5OS/c18-11-4-3-5-12(8-11)20-15(24)9-25-17-16-22-19-10-23(16)14-7-2-1-6-13(14)21-17/h1-8,10H,9H2,(H,20,24). The van der Waals surface area contributed by atoms with Crippen LogP contribution in [0.25, 0.3) is 16.7 Å². The highest BCUT2D eigenvalue weighted by Gasteiger charge is 2.12. The summed E-state index contributed by atoms with van der Waals surface area (Å²) in [5.74, 6) is -0.514. The van der Waals surface area contributed by atoms with Crippen molar-refractivity contribution in [1.82, 2.24) is 19.6 Å². The van der Waals surface area contributed by atoms with Crippen LogP contribution in [-0.2, 0) is 4.79 Å². The van der Waals surface area contributed by atoms with Gasteiger partial charge < -0.3 is 5.32 Å². The zero-order valence-electron chi connectivity index (χ0n) is 12.9. The van der Waals surface area contributed by atoms with Crippen LogP contribution in [0.3, 0.4) is 0 Å². The Hall–Kier alpha value is -3.00. The molecular weight excluding hydrogens is 341 g/mol. The third-order valence-electron chi connectivity index (χ3n) is 3.55. The molecule has 1 amide bonds. The van der Waals surface area contributed by atoms with Crippen LogP contribution < -0.4 is 5.32 Å². The second kappa shape index (κ2) is 6.48. The van der Waals surface area contributed by atoms with Gasteiger partial charge in [0.15, 0.2) is 5.65 Å².